The number of H-pyrrole nitrogens is 1. The molecule has 0 aromatic carbocycles. The summed E-state index contributed by atoms with van der Waals surface area (Å²) in [5.74, 6) is 0.820. The van der Waals surface area contributed by atoms with E-state index in [2.05, 4.69) is 9.97 Å². The maximum atomic E-state index is 10.9. The molecule has 0 amide bonds. The smallest absolute Gasteiger partial charge is 0.152 e. The van der Waals surface area contributed by atoms with E-state index in [9.17, 15) is 4.79 Å². The molecular formula is C15H18N2O2. The number of carbonyl (C=O) groups excluding carboxylic acids is 1. The van der Waals surface area contributed by atoms with Gasteiger partial charge in [-0.1, -0.05) is 6.08 Å². The first kappa shape index (κ1) is 13.3. The predicted octanol–water partition coefficient (Wildman–Crippen LogP) is 3.04. The lowest BCUT2D eigenvalue weighted by molar-refractivity contribution is -0.112. The number of nitrogens with zero attached hydrogens (tertiary/aromatic N) is 1. The van der Waals surface area contributed by atoms with E-state index in [1.165, 1.54) is 0 Å². The van der Waals surface area contributed by atoms with Crippen LogP contribution in [0.2, 0.25) is 0 Å². The Labute approximate surface area is 112 Å². The number of ether oxygens (including phenoxy) is 1. The van der Waals surface area contributed by atoms with Gasteiger partial charge in [-0.05, 0) is 44.9 Å². The fraction of sp³-hybridized carbons (Fsp3) is 0.333. The quantitative estimate of drug-likeness (QED) is 0.839. The zero-order chi connectivity index (χ0) is 13.8. The highest BCUT2D eigenvalue weighted by molar-refractivity contribution is 5.87. The second kappa shape index (κ2) is 5.69. The van der Waals surface area contributed by atoms with Gasteiger partial charge < -0.3 is 9.72 Å². The van der Waals surface area contributed by atoms with Crippen molar-refractivity contribution in [2.45, 2.75) is 33.3 Å². The van der Waals surface area contributed by atoms with Gasteiger partial charge in [-0.2, -0.15) is 0 Å². The van der Waals surface area contributed by atoms with Crippen LogP contribution in [0.15, 0.2) is 30.6 Å². The third-order valence-corrected chi connectivity index (χ3v) is 2.65. The summed E-state index contributed by atoms with van der Waals surface area (Å²) in [6.45, 7) is 5.51. The number of pyridine rings is 1. The second-order valence-corrected chi connectivity index (χ2v) is 4.76. The van der Waals surface area contributed by atoms with Gasteiger partial charge in [0.25, 0.3) is 0 Å². The van der Waals surface area contributed by atoms with Crippen molar-refractivity contribution in [2.75, 3.05) is 0 Å². The number of carbonyl (C=O) groups is 1. The summed E-state index contributed by atoms with van der Waals surface area (Å²) in [6.07, 6.45) is 7.91. The molecule has 0 aliphatic heterocycles. The Balaban J connectivity index is 2.26. The van der Waals surface area contributed by atoms with Gasteiger partial charge in [0.2, 0.25) is 0 Å². The number of nitrogens with one attached hydrogen (secondary N) is 1. The van der Waals surface area contributed by atoms with Crippen molar-refractivity contribution in [1.82, 2.24) is 9.97 Å². The number of hydrogen-bond acceptors (Lipinski definition) is 3. The Morgan fingerprint density at radius 2 is 2.32 bits per heavy atom. The number of fused-ring (bicyclic) bond motifs is 1. The summed E-state index contributed by atoms with van der Waals surface area (Å²) in [5.41, 5.74) is 1.94. The van der Waals surface area contributed by atoms with Crippen LogP contribution in [0.1, 0.15) is 26.3 Å². The average molecular weight is 258 g/mol. The third-order valence-electron chi connectivity index (χ3n) is 2.65. The molecule has 4 nitrogen and oxygen atoms in total. The molecule has 2 rings (SSSR count). The van der Waals surface area contributed by atoms with Crippen LogP contribution in [0.5, 0.6) is 5.75 Å². The van der Waals surface area contributed by atoms with Crippen LogP contribution in [-0.4, -0.2) is 21.9 Å². The second-order valence-electron chi connectivity index (χ2n) is 4.76. The van der Waals surface area contributed by atoms with Crippen molar-refractivity contribution in [3.05, 3.63) is 36.2 Å². The Kier molecular flexibility index (Phi) is 4.00. The molecule has 2 heterocycles. The highest BCUT2D eigenvalue weighted by atomic mass is 16.5. The largest absolute Gasteiger partial charge is 0.489 e. The van der Waals surface area contributed by atoms with Crippen molar-refractivity contribution in [3.8, 4) is 5.75 Å². The van der Waals surface area contributed by atoms with Gasteiger partial charge in [0, 0.05) is 11.6 Å². The topological polar surface area (TPSA) is 55.0 Å². The molecular weight excluding hydrogens is 240 g/mol. The maximum absolute atomic E-state index is 10.9. The van der Waals surface area contributed by atoms with Crippen molar-refractivity contribution >= 4 is 16.8 Å². The van der Waals surface area contributed by atoms with Crippen molar-refractivity contribution < 1.29 is 9.53 Å². The molecule has 2 aromatic heterocycles. The zero-order valence-electron chi connectivity index (χ0n) is 11.4. The molecule has 0 spiro atoms. The molecule has 2 aromatic rings. The lowest BCUT2D eigenvalue weighted by atomic mass is 10.1. The first-order valence-electron chi connectivity index (χ1n) is 6.36. The lowest BCUT2D eigenvalue weighted by Gasteiger charge is -2.08. The van der Waals surface area contributed by atoms with E-state index in [0.29, 0.717) is 6.42 Å². The fourth-order valence-electron chi connectivity index (χ4n) is 1.90. The number of aromatic amines is 1. The first-order valence-corrected chi connectivity index (χ1v) is 6.36. The molecule has 0 aliphatic carbocycles. The Morgan fingerprint density at radius 3 is 3.00 bits per heavy atom. The minimum Gasteiger partial charge on any atom is -0.489 e. The van der Waals surface area contributed by atoms with E-state index in [4.69, 9.17) is 4.74 Å². The first-order chi connectivity index (χ1) is 9.06. The van der Waals surface area contributed by atoms with Gasteiger partial charge in [-0.15, -0.1) is 0 Å². The summed E-state index contributed by atoms with van der Waals surface area (Å²) >= 11 is 0. The Hall–Kier alpha value is -2.10. The number of allylic oxidation sites excluding steroid dienone is 2. The van der Waals surface area contributed by atoms with Gasteiger partial charge in [-0.25, -0.2) is 4.98 Å². The van der Waals surface area contributed by atoms with E-state index in [-0.39, 0.29) is 11.9 Å². The van der Waals surface area contributed by atoms with E-state index in [0.717, 1.165) is 22.3 Å². The molecule has 4 heteroatoms. The molecule has 100 valence electrons. The highest BCUT2D eigenvalue weighted by Gasteiger charge is 2.06. The van der Waals surface area contributed by atoms with E-state index in [1.54, 1.807) is 19.2 Å². The number of rotatable bonds is 5. The molecule has 0 radical (unpaired) electrons. The number of hydrogen-bond donors (Lipinski definition) is 1. The standard InChI is InChI=1S/C15H18N2O2/c1-10(2)19-13-7-14-12(6-4-5-11(3)18)8-16-15(14)17-9-13/h4-5,7-10H,6H2,1-3H3,(H,16,17)/b5-4+. The average Bonchev–Trinajstić information content (AvgIpc) is 2.71. The minimum absolute atomic E-state index is 0.0572. The van der Waals surface area contributed by atoms with Gasteiger partial charge in [0.15, 0.2) is 5.78 Å². The summed E-state index contributed by atoms with van der Waals surface area (Å²) in [7, 11) is 0. The van der Waals surface area contributed by atoms with Crippen LogP contribution in [0, 0.1) is 0 Å². The fourth-order valence-corrected chi connectivity index (χ4v) is 1.90. The van der Waals surface area contributed by atoms with Crippen LogP contribution in [0.4, 0.5) is 0 Å². The van der Waals surface area contributed by atoms with Crippen molar-refractivity contribution in [2.24, 2.45) is 0 Å². The maximum Gasteiger partial charge on any atom is 0.152 e. The Bertz CT molecular complexity index is 612. The van der Waals surface area contributed by atoms with Gasteiger partial charge in [0.05, 0.1) is 12.3 Å². The molecule has 0 fully saturated rings. The minimum atomic E-state index is 0.0572. The van der Waals surface area contributed by atoms with Gasteiger partial charge in [0.1, 0.15) is 11.4 Å². The normalized spacial score (nSPS) is 11.6. The van der Waals surface area contributed by atoms with Crippen LogP contribution < -0.4 is 4.74 Å². The molecule has 0 bridgehead atoms. The Morgan fingerprint density at radius 1 is 1.53 bits per heavy atom. The molecule has 0 unspecified atom stereocenters. The molecule has 0 saturated heterocycles. The van der Waals surface area contributed by atoms with E-state index < -0.39 is 0 Å². The monoisotopic (exact) mass is 258 g/mol. The third kappa shape index (κ3) is 3.44. The summed E-state index contributed by atoms with van der Waals surface area (Å²) < 4.78 is 5.64. The molecule has 0 aliphatic rings. The van der Waals surface area contributed by atoms with E-state index in [1.807, 2.05) is 32.2 Å². The zero-order valence-corrected chi connectivity index (χ0v) is 11.4. The number of aromatic nitrogens is 2. The van der Waals surface area contributed by atoms with E-state index >= 15 is 0 Å². The predicted molar refractivity (Wildman–Crippen MR) is 75.4 cm³/mol. The van der Waals surface area contributed by atoms with Crippen LogP contribution in [0.25, 0.3) is 11.0 Å². The molecule has 0 saturated carbocycles. The van der Waals surface area contributed by atoms with Gasteiger partial charge in [-0.3, -0.25) is 4.79 Å². The molecule has 19 heavy (non-hydrogen) atoms. The van der Waals surface area contributed by atoms with Crippen LogP contribution in [0.3, 0.4) is 0 Å². The van der Waals surface area contributed by atoms with Crippen molar-refractivity contribution in [1.29, 1.82) is 0 Å². The molecule has 0 atom stereocenters. The lowest BCUT2D eigenvalue weighted by Crippen LogP contribution is -2.05. The van der Waals surface area contributed by atoms with Crippen LogP contribution >= 0.6 is 0 Å². The summed E-state index contributed by atoms with van der Waals surface area (Å²) in [5, 5.41) is 1.03. The highest BCUT2D eigenvalue weighted by Crippen LogP contribution is 2.22. The SMILES string of the molecule is CC(=O)/C=C/Cc1c[nH]c2ncc(OC(C)C)cc12. The molecule has 1 N–H and O–H groups in total. The van der Waals surface area contributed by atoms with Crippen molar-refractivity contribution in [3.63, 3.8) is 0 Å². The van der Waals surface area contributed by atoms with Gasteiger partial charge >= 0.3 is 0 Å². The number of ketones is 1. The summed E-state index contributed by atoms with van der Waals surface area (Å²) in [6, 6.07) is 1.98. The summed E-state index contributed by atoms with van der Waals surface area (Å²) in [4.78, 5) is 18.3. The van der Waals surface area contributed by atoms with Crippen LogP contribution in [-0.2, 0) is 11.2 Å².